The maximum absolute atomic E-state index is 13.9. The Morgan fingerprint density at radius 1 is 0.976 bits per heavy atom. The summed E-state index contributed by atoms with van der Waals surface area (Å²) in [6.45, 7) is 6.16. The van der Waals surface area contributed by atoms with E-state index in [1.807, 2.05) is 30.3 Å². The maximum Gasteiger partial charge on any atom is 0.328 e. The summed E-state index contributed by atoms with van der Waals surface area (Å²) in [5.74, 6) is -2.98. The number of benzene rings is 2. The van der Waals surface area contributed by atoms with Crippen LogP contribution in [0.3, 0.4) is 0 Å². The smallest absolute Gasteiger partial charge is 0.328 e. The molecule has 0 bridgehead atoms. The first-order valence-electron chi connectivity index (χ1n) is 13.4. The predicted molar refractivity (Wildman–Crippen MR) is 155 cm³/mol. The number of thioether (sulfide) groups is 1. The zero-order valence-corrected chi connectivity index (χ0v) is 25.4. The number of rotatable bonds is 10. The van der Waals surface area contributed by atoms with Gasteiger partial charge in [-0.1, -0.05) is 68.9 Å². The Morgan fingerprint density at radius 3 is 2.05 bits per heavy atom. The number of nitrogens with zero attached hydrogens (tertiary/aromatic N) is 2. The number of non-ortho nitro benzene ring substituents is 1. The van der Waals surface area contributed by atoms with Crippen LogP contribution in [0, 0.1) is 15.5 Å². The number of ether oxygens (including phenoxy) is 2. The Morgan fingerprint density at radius 2 is 1.54 bits per heavy atom. The van der Waals surface area contributed by atoms with Crippen molar-refractivity contribution in [2.75, 3.05) is 14.2 Å². The van der Waals surface area contributed by atoms with Crippen LogP contribution in [-0.4, -0.2) is 61.9 Å². The van der Waals surface area contributed by atoms with Crippen LogP contribution in [0.1, 0.15) is 47.9 Å². The molecule has 0 saturated heterocycles. The Bertz CT molecular complexity index is 1430. The molecule has 2 aliphatic rings. The van der Waals surface area contributed by atoms with Crippen molar-refractivity contribution < 1.29 is 33.6 Å². The number of nitro benzene ring substituents is 1. The van der Waals surface area contributed by atoms with Crippen molar-refractivity contribution >= 4 is 49.3 Å². The summed E-state index contributed by atoms with van der Waals surface area (Å²) in [6, 6.07) is 14.1. The number of esters is 2. The highest BCUT2D eigenvalue weighted by molar-refractivity contribution is 8.03. The van der Waals surface area contributed by atoms with E-state index in [1.54, 1.807) is 0 Å². The van der Waals surface area contributed by atoms with E-state index in [4.69, 9.17) is 9.47 Å². The number of amides is 2. The number of fused-ring (bicyclic) bond motifs is 1. The summed E-state index contributed by atoms with van der Waals surface area (Å²) in [5.41, 5.74) is -2.26. The van der Waals surface area contributed by atoms with Crippen LogP contribution in [0.25, 0.3) is 0 Å². The molecule has 2 amide bonds. The fourth-order valence-corrected chi connectivity index (χ4v) is 12.5. The molecule has 1 heterocycles. The van der Waals surface area contributed by atoms with Gasteiger partial charge in [-0.15, -0.1) is 0 Å². The van der Waals surface area contributed by atoms with Gasteiger partial charge in [0.1, 0.15) is 0 Å². The van der Waals surface area contributed by atoms with Crippen LogP contribution >= 0.6 is 11.8 Å². The molecule has 216 valence electrons. The summed E-state index contributed by atoms with van der Waals surface area (Å²) in [6.07, 6.45) is -0.237. The second-order valence-corrected chi connectivity index (χ2v) is 16.4. The minimum atomic E-state index is -2.54. The first kappa shape index (κ1) is 30.2. The molecule has 1 atom stereocenters. The highest BCUT2D eigenvalue weighted by Gasteiger charge is 2.64. The highest BCUT2D eigenvalue weighted by atomic mass is 32.2. The lowest BCUT2D eigenvalue weighted by atomic mass is 9.86. The van der Waals surface area contributed by atoms with Crippen LogP contribution in [0.15, 0.2) is 63.5 Å². The van der Waals surface area contributed by atoms with Gasteiger partial charge < -0.3 is 9.47 Å². The lowest BCUT2D eigenvalue weighted by Crippen LogP contribution is -2.49. The first-order chi connectivity index (χ1) is 19.6. The average molecular weight is 597 g/mol. The fraction of sp³-hybridized carbons (Fsp3) is 0.379. The maximum atomic E-state index is 13.9. The molecule has 0 spiro atoms. The molecule has 12 heteroatoms. The molecule has 1 aliphatic heterocycles. The highest BCUT2D eigenvalue weighted by Crippen LogP contribution is 2.58. The standard InChI is InChI=1S/C29H32N2O8SSi/c1-6-41(7-2,8-3)23-22(30-25(32)20-15-14-18(31(36)37)16-21(20)26(30)33)17-29(27(34)38-4,28(35)39-5)24(23)40-19-12-10-9-11-13-19/h9-16,22H,6-8,17H2,1-5H3. The predicted octanol–water partition coefficient (Wildman–Crippen LogP) is 5.39. The number of hydrogen-bond acceptors (Lipinski definition) is 9. The van der Waals surface area contributed by atoms with Gasteiger partial charge >= 0.3 is 11.9 Å². The monoisotopic (exact) mass is 596 g/mol. The zero-order chi connectivity index (χ0) is 30.1. The normalized spacial score (nSPS) is 18.0. The number of carbonyl (C=O) groups excluding carboxylic acids is 4. The van der Waals surface area contributed by atoms with Crippen molar-refractivity contribution in [1.82, 2.24) is 4.90 Å². The Balaban J connectivity index is 2.05. The molecule has 0 saturated carbocycles. The van der Waals surface area contributed by atoms with E-state index in [1.165, 1.54) is 38.1 Å². The van der Waals surface area contributed by atoms with E-state index in [2.05, 4.69) is 20.8 Å². The van der Waals surface area contributed by atoms with E-state index in [9.17, 15) is 29.3 Å². The van der Waals surface area contributed by atoms with E-state index < -0.39 is 48.2 Å². The molecule has 0 radical (unpaired) electrons. The molecule has 0 aromatic heterocycles. The summed E-state index contributed by atoms with van der Waals surface area (Å²) >= 11 is 1.26. The molecule has 2 aromatic rings. The van der Waals surface area contributed by atoms with Crippen molar-refractivity contribution in [2.24, 2.45) is 5.41 Å². The van der Waals surface area contributed by atoms with Crippen LogP contribution in [0.5, 0.6) is 0 Å². The molecule has 2 aromatic carbocycles. The van der Waals surface area contributed by atoms with E-state index >= 15 is 0 Å². The second-order valence-electron chi connectivity index (χ2n) is 10.1. The van der Waals surface area contributed by atoms with Crippen LogP contribution in [-0.2, 0) is 19.1 Å². The lowest BCUT2D eigenvalue weighted by Gasteiger charge is -2.37. The van der Waals surface area contributed by atoms with Gasteiger partial charge in [-0.3, -0.25) is 34.2 Å². The SMILES string of the molecule is CC[Si](CC)(CC)C1=C(Sc2ccccc2)C(C(=O)OC)(C(=O)OC)CC1N1C(=O)c2ccc([N+](=O)[O-])cc2C1=O. The van der Waals surface area contributed by atoms with Gasteiger partial charge in [0, 0.05) is 28.4 Å². The Kier molecular flexibility index (Phi) is 8.55. The minimum absolute atomic E-state index is 0.0441. The third-order valence-corrected chi connectivity index (χ3v) is 15.8. The molecule has 0 fully saturated rings. The van der Waals surface area contributed by atoms with Crippen LogP contribution in [0.2, 0.25) is 18.1 Å². The molecule has 41 heavy (non-hydrogen) atoms. The second kappa shape index (κ2) is 11.6. The van der Waals surface area contributed by atoms with E-state index in [-0.39, 0.29) is 23.2 Å². The van der Waals surface area contributed by atoms with Crippen molar-refractivity contribution in [2.45, 2.75) is 56.3 Å². The van der Waals surface area contributed by atoms with Gasteiger partial charge in [-0.05, 0) is 23.4 Å². The number of hydrogen-bond donors (Lipinski definition) is 0. The average Bonchev–Trinajstić information content (AvgIpc) is 3.45. The molecule has 10 nitrogen and oxygen atoms in total. The summed E-state index contributed by atoms with van der Waals surface area (Å²) < 4.78 is 10.4. The third kappa shape index (κ3) is 4.68. The largest absolute Gasteiger partial charge is 0.468 e. The minimum Gasteiger partial charge on any atom is -0.468 e. The Hall–Kier alpha value is -3.77. The van der Waals surface area contributed by atoms with Crippen molar-refractivity contribution in [3.63, 3.8) is 0 Å². The van der Waals surface area contributed by atoms with Gasteiger partial charge in [-0.25, -0.2) is 0 Å². The molecule has 4 rings (SSSR count). The van der Waals surface area contributed by atoms with Crippen molar-refractivity contribution in [3.05, 3.63) is 79.9 Å². The molecular weight excluding hydrogens is 564 g/mol. The molecule has 0 N–H and O–H groups in total. The van der Waals surface area contributed by atoms with Crippen LogP contribution in [0.4, 0.5) is 5.69 Å². The molecule has 1 unspecified atom stereocenters. The summed E-state index contributed by atoms with van der Waals surface area (Å²) in [5, 5.41) is 12.2. The van der Waals surface area contributed by atoms with Gasteiger partial charge in [-0.2, -0.15) is 0 Å². The summed E-state index contributed by atoms with van der Waals surface area (Å²) in [4.78, 5) is 68.3. The van der Waals surface area contributed by atoms with Gasteiger partial charge in [0.15, 0.2) is 5.41 Å². The summed E-state index contributed by atoms with van der Waals surface area (Å²) in [7, 11) is -0.159. The number of nitro groups is 1. The van der Waals surface area contributed by atoms with Gasteiger partial charge in [0.2, 0.25) is 0 Å². The first-order valence-corrected chi connectivity index (χ1v) is 16.8. The Labute approximate surface area is 243 Å². The molecule has 1 aliphatic carbocycles. The molecular formula is C29H32N2O8SSi. The van der Waals surface area contributed by atoms with Gasteiger partial charge in [0.25, 0.3) is 17.5 Å². The number of carbonyl (C=O) groups is 4. The van der Waals surface area contributed by atoms with Crippen molar-refractivity contribution in [3.8, 4) is 0 Å². The van der Waals surface area contributed by atoms with E-state index in [0.29, 0.717) is 4.91 Å². The quantitative estimate of drug-likeness (QED) is 0.0884. The third-order valence-electron chi connectivity index (χ3n) is 8.52. The number of methoxy groups -OCH3 is 2. The van der Waals surface area contributed by atoms with Crippen molar-refractivity contribution in [1.29, 1.82) is 0 Å². The lowest BCUT2D eigenvalue weighted by molar-refractivity contribution is -0.384. The fourth-order valence-electron chi connectivity index (χ4n) is 6.18. The topological polar surface area (TPSA) is 133 Å². The van der Waals surface area contributed by atoms with E-state index in [0.717, 1.165) is 39.2 Å². The zero-order valence-electron chi connectivity index (χ0n) is 23.6. The number of imide groups is 1. The van der Waals surface area contributed by atoms with Gasteiger partial charge in [0.05, 0.1) is 44.4 Å². The van der Waals surface area contributed by atoms with Crippen LogP contribution < -0.4 is 0 Å².